The van der Waals surface area contributed by atoms with Crippen LogP contribution >= 0.6 is 23.8 Å². The number of hydrogen-bond donors (Lipinski definition) is 4. The van der Waals surface area contributed by atoms with Crippen molar-refractivity contribution in [3.63, 3.8) is 0 Å². The van der Waals surface area contributed by atoms with Gasteiger partial charge in [-0.15, -0.1) is 0 Å². The van der Waals surface area contributed by atoms with Crippen LogP contribution in [0.25, 0.3) is 0 Å². The van der Waals surface area contributed by atoms with Gasteiger partial charge >= 0.3 is 7.82 Å². The molecule has 0 saturated carbocycles. The molecule has 0 aliphatic rings. The summed E-state index contributed by atoms with van der Waals surface area (Å²) in [6, 6.07) is 14.7. The van der Waals surface area contributed by atoms with Gasteiger partial charge in [0.25, 0.3) is 0 Å². The van der Waals surface area contributed by atoms with Crippen molar-refractivity contribution in [3.8, 4) is 5.75 Å². The lowest BCUT2D eigenvalue weighted by Gasteiger charge is -2.23. The van der Waals surface area contributed by atoms with Crippen molar-refractivity contribution >= 4 is 35.3 Å². The van der Waals surface area contributed by atoms with Crippen LogP contribution in [0.4, 0.5) is 5.69 Å². The van der Waals surface area contributed by atoms with E-state index >= 15 is 0 Å². The lowest BCUT2D eigenvalue weighted by atomic mass is 10.0. The van der Waals surface area contributed by atoms with Gasteiger partial charge in [-0.1, -0.05) is 28.1 Å². The minimum atomic E-state index is -4.71. The van der Waals surface area contributed by atoms with Crippen molar-refractivity contribution < 1.29 is 28.4 Å². The van der Waals surface area contributed by atoms with Gasteiger partial charge in [-0.05, 0) is 48.9 Å². The smallest absolute Gasteiger partial charge is 0.469 e. The molecule has 1 amide bonds. The minimum Gasteiger partial charge on any atom is -0.493 e. The first kappa shape index (κ1) is 22.5. The molecule has 2 aromatic carbocycles. The summed E-state index contributed by atoms with van der Waals surface area (Å²) >= 11 is 3.39. The molecule has 1 atom stereocenters. The number of ether oxygens (including phenoxy) is 1. The average Bonchev–Trinajstić information content (AvgIpc) is 2.63. The SMILES string of the molecule is C[C@](N)(COP(=O)(O)O)C(=O)Nc1ccc(OCCc2ccc(Br)cc2)cc1. The Bertz CT molecular complexity index is 836. The van der Waals surface area contributed by atoms with E-state index < -0.39 is 25.9 Å². The van der Waals surface area contributed by atoms with E-state index in [0.29, 0.717) is 18.0 Å². The zero-order valence-electron chi connectivity index (χ0n) is 15.2. The van der Waals surface area contributed by atoms with Crippen LogP contribution < -0.4 is 15.8 Å². The standard InChI is InChI=1S/C18H22BrN2O6P/c1-18(20,12-27-28(23,24)25)17(22)21-15-6-8-16(9-7-15)26-11-10-13-2-4-14(19)5-3-13/h2-9H,10-12,20H2,1H3,(H,21,22)(H2,23,24,25)/t18-/m0/s1. The third kappa shape index (κ3) is 7.71. The van der Waals surface area contributed by atoms with E-state index in [1.165, 1.54) is 6.92 Å². The van der Waals surface area contributed by atoms with Crippen molar-refractivity contribution in [2.24, 2.45) is 5.73 Å². The molecule has 0 bridgehead atoms. The summed E-state index contributed by atoms with van der Waals surface area (Å²) in [7, 11) is -4.71. The average molecular weight is 473 g/mol. The predicted molar refractivity (Wildman–Crippen MR) is 109 cm³/mol. The number of nitrogens with one attached hydrogen (secondary N) is 1. The fraction of sp³-hybridized carbons (Fsp3) is 0.278. The maximum Gasteiger partial charge on any atom is 0.469 e. The molecule has 0 fully saturated rings. The number of anilines is 1. The maximum absolute atomic E-state index is 12.2. The third-order valence-corrected chi connectivity index (χ3v) is 4.73. The second-order valence-electron chi connectivity index (χ2n) is 6.38. The fourth-order valence-corrected chi connectivity index (χ4v) is 2.83. The molecule has 28 heavy (non-hydrogen) atoms. The molecule has 0 spiro atoms. The Morgan fingerprint density at radius 3 is 2.36 bits per heavy atom. The Labute approximate surface area is 171 Å². The van der Waals surface area contributed by atoms with Crippen LogP contribution in [0.15, 0.2) is 53.0 Å². The summed E-state index contributed by atoms with van der Waals surface area (Å²) in [5.41, 5.74) is 5.79. The fourth-order valence-electron chi connectivity index (χ4n) is 2.13. The molecule has 152 valence electrons. The van der Waals surface area contributed by atoms with E-state index in [2.05, 4.69) is 25.8 Å². The Hall–Kier alpha value is -1.74. The molecular formula is C18H22BrN2O6P. The van der Waals surface area contributed by atoms with Crippen LogP contribution in [0.3, 0.4) is 0 Å². The minimum absolute atomic E-state index is 0.470. The number of carbonyl (C=O) groups excluding carboxylic acids is 1. The highest BCUT2D eigenvalue weighted by atomic mass is 79.9. The number of rotatable bonds is 9. The lowest BCUT2D eigenvalue weighted by Crippen LogP contribution is -2.52. The van der Waals surface area contributed by atoms with E-state index in [4.69, 9.17) is 20.3 Å². The molecule has 0 radical (unpaired) electrons. The maximum atomic E-state index is 12.2. The lowest BCUT2D eigenvalue weighted by molar-refractivity contribution is -0.121. The Kier molecular flexibility index (Phi) is 7.77. The van der Waals surface area contributed by atoms with Gasteiger partial charge in [0.1, 0.15) is 11.3 Å². The molecular weight excluding hydrogens is 451 g/mol. The number of phosphoric ester groups is 1. The molecule has 0 heterocycles. The molecule has 8 nitrogen and oxygen atoms in total. The van der Waals surface area contributed by atoms with Crippen LogP contribution in [0.1, 0.15) is 12.5 Å². The Morgan fingerprint density at radius 2 is 1.79 bits per heavy atom. The van der Waals surface area contributed by atoms with Gasteiger partial charge in [0.05, 0.1) is 13.2 Å². The molecule has 0 aliphatic heterocycles. The second-order valence-corrected chi connectivity index (χ2v) is 8.54. The Morgan fingerprint density at radius 1 is 1.18 bits per heavy atom. The number of amides is 1. The van der Waals surface area contributed by atoms with E-state index in [1.54, 1.807) is 24.3 Å². The number of benzene rings is 2. The van der Waals surface area contributed by atoms with Crippen molar-refractivity contribution in [1.82, 2.24) is 0 Å². The highest BCUT2D eigenvalue weighted by Crippen LogP contribution is 2.36. The van der Waals surface area contributed by atoms with E-state index in [0.717, 1.165) is 16.5 Å². The van der Waals surface area contributed by atoms with Crippen LogP contribution in [0.5, 0.6) is 5.75 Å². The van der Waals surface area contributed by atoms with E-state index in [9.17, 15) is 9.36 Å². The first-order valence-corrected chi connectivity index (χ1v) is 10.7. The van der Waals surface area contributed by atoms with Crippen LogP contribution in [0.2, 0.25) is 0 Å². The van der Waals surface area contributed by atoms with Gasteiger partial charge in [-0.3, -0.25) is 9.32 Å². The quantitative estimate of drug-likeness (QED) is 0.412. The van der Waals surface area contributed by atoms with Crippen molar-refractivity contribution in [1.29, 1.82) is 0 Å². The number of phosphoric acid groups is 1. The van der Waals surface area contributed by atoms with Crippen molar-refractivity contribution in [2.75, 3.05) is 18.5 Å². The number of halogens is 1. The second kappa shape index (κ2) is 9.65. The summed E-state index contributed by atoms with van der Waals surface area (Å²) in [6.45, 7) is 1.20. The van der Waals surface area contributed by atoms with Gasteiger partial charge in [0, 0.05) is 16.6 Å². The molecule has 2 aromatic rings. The van der Waals surface area contributed by atoms with Crippen LogP contribution in [-0.4, -0.2) is 34.4 Å². The summed E-state index contributed by atoms with van der Waals surface area (Å²) in [5.74, 6) is 0.0142. The predicted octanol–water partition coefficient (Wildman–Crippen LogP) is 2.84. The molecule has 10 heteroatoms. The number of nitrogens with two attached hydrogens (primary N) is 1. The zero-order chi connectivity index (χ0) is 20.8. The van der Waals surface area contributed by atoms with Gasteiger partial charge in [-0.2, -0.15) is 0 Å². The van der Waals surface area contributed by atoms with E-state index in [1.807, 2.05) is 24.3 Å². The van der Waals surface area contributed by atoms with Gasteiger partial charge in [0.2, 0.25) is 5.91 Å². The van der Waals surface area contributed by atoms with Gasteiger partial charge in [0.15, 0.2) is 0 Å². The summed E-state index contributed by atoms with van der Waals surface area (Å²) in [6.07, 6.45) is 0.761. The molecule has 0 aliphatic carbocycles. The zero-order valence-corrected chi connectivity index (χ0v) is 17.7. The molecule has 0 aromatic heterocycles. The largest absolute Gasteiger partial charge is 0.493 e. The van der Waals surface area contributed by atoms with Crippen LogP contribution in [-0.2, 0) is 20.3 Å². The van der Waals surface area contributed by atoms with Crippen molar-refractivity contribution in [2.45, 2.75) is 18.9 Å². The van der Waals surface area contributed by atoms with Crippen molar-refractivity contribution in [3.05, 3.63) is 58.6 Å². The third-order valence-electron chi connectivity index (χ3n) is 3.74. The highest BCUT2D eigenvalue weighted by molar-refractivity contribution is 9.10. The van der Waals surface area contributed by atoms with Gasteiger partial charge in [-0.25, -0.2) is 4.57 Å². The monoisotopic (exact) mass is 472 g/mol. The van der Waals surface area contributed by atoms with Crippen LogP contribution in [0, 0.1) is 0 Å². The molecule has 2 rings (SSSR count). The number of carbonyl (C=O) groups is 1. The summed E-state index contributed by atoms with van der Waals surface area (Å²) < 4.78 is 21.8. The molecule has 0 unspecified atom stereocenters. The highest BCUT2D eigenvalue weighted by Gasteiger charge is 2.32. The van der Waals surface area contributed by atoms with E-state index in [-0.39, 0.29) is 0 Å². The molecule has 5 N–H and O–H groups in total. The summed E-state index contributed by atoms with van der Waals surface area (Å²) in [5, 5.41) is 2.58. The van der Waals surface area contributed by atoms with Gasteiger partial charge < -0.3 is 25.6 Å². The number of hydrogen-bond acceptors (Lipinski definition) is 5. The first-order chi connectivity index (χ1) is 13.0. The summed E-state index contributed by atoms with van der Waals surface area (Å²) in [4.78, 5) is 29.6. The Balaban J connectivity index is 1.83. The molecule has 0 saturated heterocycles. The first-order valence-electron chi connectivity index (χ1n) is 8.33. The topological polar surface area (TPSA) is 131 Å². The normalized spacial score (nSPS) is 13.6.